The van der Waals surface area contributed by atoms with Crippen molar-refractivity contribution in [1.29, 1.82) is 0 Å². The Bertz CT molecular complexity index is 750. The average molecular weight is 388 g/mol. The summed E-state index contributed by atoms with van der Waals surface area (Å²) in [6.45, 7) is 6.82. The minimum absolute atomic E-state index is 0.0614. The van der Waals surface area contributed by atoms with E-state index in [1.165, 1.54) is 14.1 Å². The van der Waals surface area contributed by atoms with Gasteiger partial charge in [0.2, 0.25) is 0 Å². The highest BCUT2D eigenvalue weighted by molar-refractivity contribution is 7.87. The number of benzene rings is 1. The van der Waals surface area contributed by atoms with E-state index in [-0.39, 0.29) is 23.8 Å². The summed E-state index contributed by atoms with van der Waals surface area (Å²) in [7, 11) is -0.572. The van der Waals surface area contributed by atoms with Crippen LogP contribution >= 0.6 is 11.6 Å². The predicted octanol–water partition coefficient (Wildman–Crippen LogP) is 2.14. The van der Waals surface area contributed by atoms with Crippen LogP contribution < -0.4 is 4.72 Å². The van der Waals surface area contributed by atoms with E-state index in [0.717, 1.165) is 9.87 Å². The van der Waals surface area contributed by atoms with E-state index in [0.29, 0.717) is 23.7 Å². The van der Waals surface area contributed by atoms with Crippen LogP contribution in [-0.2, 0) is 10.2 Å². The van der Waals surface area contributed by atoms with Gasteiger partial charge in [-0.2, -0.15) is 17.4 Å². The summed E-state index contributed by atoms with van der Waals surface area (Å²) in [5, 5.41) is 0.590. The van der Waals surface area contributed by atoms with Crippen molar-refractivity contribution < 1.29 is 13.2 Å². The van der Waals surface area contributed by atoms with E-state index in [1.807, 2.05) is 20.8 Å². The second-order valence-electron chi connectivity index (χ2n) is 7.09. The monoisotopic (exact) mass is 387 g/mol. The Morgan fingerprint density at radius 3 is 2.48 bits per heavy atom. The van der Waals surface area contributed by atoms with Gasteiger partial charge in [0.15, 0.2) is 0 Å². The molecule has 0 bridgehead atoms. The van der Waals surface area contributed by atoms with Gasteiger partial charge in [0.25, 0.3) is 16.1 Å². The number of carbonyl (C=O) groups is 1. The number of nitrogens with one attached hydrogen (secondary N) is 1. The highest BCUT2D eigenvalue weighted by Crippen LogP contribution is 2.27. The molecule has 25 heavy (non-hydrogen) atoms. The molecule has 8 heteroatoms. The average Bonchev–Trinajstić information content (AvgIpc) is 2.89. The zero-order chi connectivity index (χ0) is 18.9. The molecule has 2 atom stereocenters. The number of carbonyl (C=O) groups excluding carboxylic acids is 1. The second kappa shape index (κ2) is 7.61. The molecular formula is C17H26ClN3O3S. The maximum atomic E-state index is 12.9. The van der Waals surface area contributed by atoms with Crippen LogP contribution in [0.5, 0.6) is 0 Å². The Morgan fingerprint density at radius 1 is 1.32 bits per heavy atom. The Morgan fingerprint density at radius 2 is 1.96 bits per heavy atom. The molecule has 0 radical (unpaired) electrons. The minimum Gasteiger partial charge on any atom is -0.337 e. The van der Waals surface area contributed by atoms with Crippen molar-refractivity contribution in [3.8, 4) is 0 Å². The van der Waals surface area contributed by atoms with Crippen LogP contribution in [0.3, 0.4) is 0 Å². The molecule has 1 aliphatic heterocycles. The number of rotatable bonds is 5. The van der Waals surface area contributed by atoms with E-state index in [9.17, 15) is 13.2 Å². The molecule has 2 rings (SSSR count). The summed E-state index contributed by atoms with van der Waals surface area (Å²) in [5.41, 5.74) is 1.42. The molecule has 0 aromatic heterocycles. The van der Waals surface area contributed by atoms with Crippen LogP contribution in [0.25, 0.3) is 0 Å². The van der Waals surface area contributed by atoms with Crippen LogP contribution in [0.2, 0.25) is 5.02 Å². The first-order valence-corrected chi connectivity index (χ1v) is 10.1. The van der Waals surface area contributed by atoms with E-state index in [2.05, 4.69) is 4.72 Å². The first-order chi connectivity index (χ1) is 11.5. The third-order valence-electron chi connectivity index (χ3n) is 4.71. The van der Waals surface area contributed by atoms with Crippen molar-refractivity contribution in [2.24, 2.45) is 11.8 Å². The number of nitrogens with zero attached hydrogens (tertiary/aromatic N) is 2. The first kappa shape index (κ1) is 20.2. The van der Waals surface area contributed by atoms with E-state index in [1.54, 1.807) is 23.1 Å². The van der Waals surface area contributed by atoms with Crippen molar-refractivity contribution in [3.63, 3.8) is 0 Å². The van der Waals surface area contributed by atoms with E-state index in [4.69, 9.17) is 11.6 Å². The van der Waals surface area contributed by atoms with Gasteiger partial charge in [-0.1, -0.05) is 25.4 Å². The fourth-order valence-electron chi connectivity index (χ4n) is 3.13. The lowest BCUT2D eigenvalue weighted by Gasteiger charge is -2.24. The Hall–Kier alpha value is -1.15. The van der Waals surface area contributed by atoms with Crippen LogP contribution in [-0.4, -0.2) is 56.8 Å². The van der Waals surface area contributed by atoms with Gasteiger partial charge in [-0.15, -0.1) is 0 Å². The van der Waals surface area contributed by atoms with Crippen molar-refractivity contribution in [1.82, 2.24) is 13.9 Å². The summed E-state index contributed by atoms with van der Waals surface area (Å²) >= 11 is 5.97. The third-order valence-corrected chi connectivity index (χ3v) is 6.51. The summed E-state index contributed by atoms with van der Waals surface area (Å²) in [4.78, 5) is 14.6. The molecule has 0 unspecified atom stereocenters. The molecule has 1 fully saturated rings. The van der Waals surface area contributed by atoms with Crippen molar-refractivity contribution >= 4 is 27.7 Å². The van der Waals surface area contributed by atoms with Gasteiger partial charge in [-0.25, -0.2) is 0 Å². The molecule has 0 aliphatic carbocycles. The summed E-state index contributed by atoms with van der Waals surface area (Å²) in [6, 6.07) is 4.88. The quantitative estimate of drug-likeness (QED) is 0.841. The fourth-order valence-corrected chi connectivity index (χ4v) is 4.20. The lowest BCUT2D eigenvalue weighted by molar-refractivity contribution is 0.0782. The summed E-state index contributed by atoms with van der Waals surface area (Å²) in [6.07, 6.45) is 0. The number of aryl methyl sites for hydroxylation is 1. The lowest BCUT2D eigenvalue weighted by Crippen LogP contribution is -2.46. The molecule has 0 spiro atoms. The van der Waals surface area contributed by atoms with Gasteiger partial charge in [0.1, 0.15) is 0 Å². The highest BCUT2D eigenvalue weighted by atomic mass is 35.5. The molecule has 140 valence electrons. The van der Waals surface area contributed by atoms with Crippen molar-refractivity contribution in [2.75, 3.05) is 27.2 Å². The van der Waals surface area contributed by atoms with Crippen LogP contribution in [0.15, 0.2) is 18.2 Å². The minimum atomic E-state index is -3.55. The molecule has 1 N–H and O–H groups in total. The standard InChI is InChI=1S/C17H26ClN3O3S/c1-11(2)15-9-21(10-16(15)19-25(23,24)20(4)5)17(22)14-7-6-13(18)8-12(14)3/h6-8,11,15-16,19H,9-10H2,1-5H3/t15-,16+/m0/s1. The van der Waals surface area contributed by atoms with E-state index >= 15 is 0 Å². The summed E-state index contributed by atoms with van der Waals surface area (Å²) < 4.78 is 28.3. The van der Waals surface area contributed by atoms with Gasteiger partial charge in [0.05, 0.1) is 0 Å². The molecule has 1 aromatic rings. The molecule has 6 nitrogen and oxygen atoms in total. The zero-order valence-corrected chi connectivity index (χ0v) is 16.9. The summed E-state index contributed by atoms with van der Waals surface area (Å²) in [5.74, 6) is 0.219. The molecule has 1 heterocycles. The van der Waals surface area contributed by atoms with Crippen molar-refractivity contribution in [3.05, 3.63) is 34.3 Å². The molecule has 1 saturated heterocycles. The SMILES string of the molecule is Cc1cc(Cl)ccc1C(=O)N1C[C@@H](NS(=O)(=O)N(C)C)[C@H](C(C)C)C1. The van der Waals surface area contributed by atoms with E-state index < -0.39 is 10.2 Å². The number of halogens is 1. The largest absolute Gasteiger partial charge is 0.337 e. The number of hydrogen-bond donors (Lipinski definition) is 1. The van der Waals surface area contributed by atoms with Crippen LogP contribution in [0, 0.1) is 18.8 Å². The third kappa shape index (κ3) is 4.53. The Labute approximate surface area is 155 Å². The highest BCUT2D eigenvalue weighted by Gasteiger charge is 2.39. The molecule has 1 amide bonds. The molecule has 0 saturated carbocycles. The maximum Gasteiger partial charge on any atom is 0.279 e. The second-order valence-corrected chi connectivity index (χ2v) is 9.44. The zero-order valence-electron chi connectivity index (χ0n) is 15.3. The molecular weight excluding hydrogens is 362 g/mol. The number of hydrogen-bond acceptors (Lipinski definition) is 3. The molecule has 1 aromatic carbocycles. The van der Waals surface area contributed by atoms with Gasteiger partial charge < -0.3 is 4.90 Å². The number of amides is 1. The first-order valence-electron chi connectivity index (χ1n) is 8.28. The van der Waals surface area contributed by atoms with Crippen LogP contribution in [0.1, 0.15) is 29.8 Å². The van der Waals surface area contributed by atoms with Gasteiger partial charge in [-0.05, 0) is 42.5 Å². The van der Waals surface area contributed by atoms with Gasteiger partial charge in [0, 0.05) is 43.8 Å². The smallest absolute Gasteiger partial charge is 0.279 e. The van der Waals surface area contributed by atoms with Gasteiger partial charge >= 0.3 is 0 Å². The Kier molecular flexibility index (Phi) is 6.14. The Balaban J connectivity index is 2.22. The molecule has 1 aliphatic rings. The lowest BCUT2D eigenvalue weighted by atomic mass is 9.92. The van der Waals surface area contributed by atoms with Crippen LogP contribution in [0.4, 0.5) is 0 Å². The van der Waals surface area contributed by atoms with Gasteiger partial charge in [-0.3, -0.25) is 4.79 Å². The topological polar surface area (TPSA) is 69.7 Å². The maximum absolute atomic E-state index is 12.9. The normalized spacial score (nSPS) is 21.4. The predicted molar refractivity (Wildman–Crippen MR) is 100.0 cm³/mol. The van der Waals surface area contributed by atoms with Crippen molar-refractivity contribution in [2.45, 2.75) is 26.8 Å². The number of likely N-dealkylation sites (tertiary alicyclic amines) is 1. The fraction of sp³-hybridized carbons (Fsp3) is 0.588.